The van der Waals surface area contributed by atoms with Crippen molar-refractivity contribution in [2.24, 2.45) is 0 Å². The number of benzene rings is 2. The normalized spacial score (nSPS) is 11.1. The molecule has 0 bridgehead atoms. The summed E-state index contributed by atoms with van der Waals surface area (Å²) in [6.45, 7) is 4.28. The van der Waals surface area contributed by atoms with E-state index in [4.69, 9.17) is 0 Å². The summed E-state index contributed by atoms with van der Waals surface area (Å²) in [5.74, 6) is 0. The van der Waals surface area contributed by atoms with E-state index in [0.717, 1.165) is 4.47 Å². The van der Waals surface area contributed by atoms with Crippen LogP contribution in [0.15, 0.2) is 53.1 Å². The zero-order valence-electron chi connectivity index (χ0n) is 10.4. The predicted molar refractivity (Wildman–Crippen MR) is 80.4 cm³/mol. The highest BCUT2D eigenvalue weighted by Crippen LogP contribution is 2.24. The number of hydrogen-bond acceptors (Lipinski definition) is 0. The van der Waals surface area contributed by atoms with Crippen LogP contribution in [-0.4, -0.2) is 4.57 Å². The minimum Gasteiger partial charge on any atom is -0.317 e. The molecule has 2 aromatic carbocycles. The number of aryl methyl sites for hydroxylation is 2. The second-order valence-electron chi connectivity index (χ2n) is 4.73. The quantitative estimate of drug-likeness (QED) is 0.595. The summed E-state index contributed by atoms with van der Waals surface area (Å²) in [6.07, 6.45) is 2.13. The Morgan fingerprint density at radius 2 is 1.61 bits per heavy atom. The van der Waals surface area contributed by atoms with Crippen molar-refractivity contribution in [3.63, 3.8) is 0 Å². The second-order valence-corrected chi connectivity index (χ2v) is 5.65. The van der Waals surface area contributed by atoms with Crippen molar-refractivity contribution in [2.45, 2.75) is 13.8 Å². The third-order valence-electron chi connectivity index (χ3n) is 3.14. The highest BCUT2D eigenvalue weighted by molar-refractivity contribution is 9.10. The van der Waals surface area contributed by atoms with Crippen LogP contribution >= 0.6 is 15.9 Å². The molecule has 0 radical (unpaired) electrons. The van der Waals surface area contributed by atoms with Gasteiger partial charge in [0.15, 0.2) is 0 Å². The van der Waals surface area contributed by atoms with Gasteiger partial charge in [0.2, 0.25) is 0 Å². The minimum atomic E-state index is 1.12. The smallest absolute Gasteiger partial charge is 0.0529 e. The molecule has 0 amide bonds. The molecule has 1 aromatic heterocycles. The van der Waals surface area contributed by atoms with Crippen molar-refractivity contribution in [1.29, 1.82) is 0 Å². The molecule has 0 N–H and O–H groups in total. The number of rotatable bonds is 1. The zero-order chi connectivity index (χ0) is 12.7. The number of hydrogen-bond donors (Lipinski definition) is 0. The first-order valence-electron chi connectivity index (χ1n) is 5.99. The fourth-order valence-corrected chi connectivity index (χ4v) is 2.81. The van der Waals surface area contributed by atoms with Crippen LogP contribution in [0.25, 0.3) is 16.6 Å². The lowest BCUT2D eigenvalue weighted by Crippen LogP contribution is -1.93. The molecule has 0 saturated heterocycles. The Kier molecular flexibility index (Phi) is 2.75. The van der Waals surface area contributed by atoms with Crippen LogP contribution in [0.3, 0.4) is 0 Å². The van der Waals surface area contributed by atoms with Crippen LogP contribution in [0.5, 0.6) is 0 Å². The molecule has 90 valence electrons. The van der Waals surface area contributed by atoms with Gasteiger partial charge >= 0.3 is 0 Å². The maximum Gasteiger partial charge on any atom is 0.0529 e. The van der Waals surface area contributed by atoms with Gasteiger partial charge < -0.3 is 4.57 Å². The first kappa shape index (κ1) is 11.5. The van der Waals surface area contributed by atoms with Crippen molar-refractivity contribution in [1.82, 2.24) is 4.57 Å². The summed E-state index contributed by atoms with van der Waals surface area (Å²) in [5, 5.41) is 1.25. The molecule has 18 heavy (non-hydrogen) atoms. The monoisotopic (exact) mass is 299 g/mol. The number of nitrogens with zero attached hydrogens (tertiary/aromatic N) is 1. The van der Waals surface area contributed by atoms with Crippen molar-refractivity contribution >= 4 is 26.8 Å². The molecule has 0 aliphatic rings. The standard InChI is InChI=1S/C16H14BrN/c1-11-7-12(2)9-15(8-11)18-6-5-13-10-14(17)3-4-16(13)18/h3-10H,1-2H3. The van der Waals surface area contributed by atoms with Crippen molar-refractivity contribution in [2.75, 3.05) is 0 Å². The van der Waals surface area contributed by atoms with E-state index < -0.39 is 0 Å². The van der Waals surface area contributed by atoms with Crippen molar-refractivity contribution in [3.05, 3.63) is 64.3 Å². The molecule has 1 heterocycles. The lowest BCUT2D eigenvalue weighted by Gasteiger charge is -2.08. The van der Waals surface area contributed by atoms with Crippen LogP contribution in [0.4, 0.5) is 0 Å². The minimum absolute atomic E-state index is 1.12. The molecule has 0 atom stereocenters. The van der Waals surface area contributed by atoms with E-state index in [1.165, 1.54) is 27.7 Å². The molecule has 0 aliphatic carbocycles. The first-order valence-corrected chi connectivity index (χ1v) is 6.78. The Morgan fingerprint density at radius 1 is 0.889 bits per heavy atom. The van der Waals surface area contributed by atoms with Crippen molar-refractivity contribution in [3.8, 4) is 5.69 Å². The van der Waals surface area contributed by atoms with Crippen LogP contribution in [0, 0.1) is 13.8 Å². The van der Waals surface area contributed by atoms with Gasteiger partial charge in [-0.2, -0.15) is 0 Å². The van der Waals surface area contributed by atoms with Gasteiger partial charge in [-0.25, -0.2) is 0 Å². The Labute approximate surface area is 115 Å². The van der Waals surface area contributed by atoms with Gasteiger partial charge in [0.25, 0.3) is 0 Å². The molecule has 0 saturated carbocycles. The molecule has 0 fully saturated rings. The maximum atomic E-state index is 3.51. The molecular formula is C16H14BrN. The highest BCUT2D eigenvalue weighted by atomic mass is 79.9. The summed E-state index contributed by atoms with van der Waals surface area (Å²) in [7, 11) is 0. The molecule has 2 heteroatoms. The van der Waals surface area contributed by atoms with Gasteiger partial charge in [-0.1, -0.05) is 22.0 Å². The average Bonchev–Trinajstić information content (AvgIpc) is 2.70. The average molecular weight is 300 g/mol. The number of fused-ring (bicyclic) bond motifs is 1. The summed E-state index contributed by atoms with van der Waals surface area (Å²) in [6, 6.07) is 15.2. The Bertz CT molecular complexity index is 705. The van der Waals surface area contributed by atoms with E-state index in [-0.39, 0.29) is 0 Å². The van der Waals surface area contributed by atoms with Gasteiger partial charge in [-0.15, -0.1) is 0 Å². The van der Waals surface area contributed by atoms with Crippen LogP contribution in [-0.2, 0) is 0 Å². The van der Waals surface area contributed by atoms with E-state index in [1.807, 2.05) is 0 Å². The largest absolute Gasteiger partial charge is 0.317 e. The number of aromatic nitrogens is 1. The van der Waals surface area contributed by atoms with E-state index in [2.05, 4.69) is 83.0 Å². The van der Waals surface area contributed by atoms with E-state index in [0.29, 0.717) is 0 Å². The van der Waals surface area contributed by atoms with Crippen LogP contribution in [0.1, 0.15) is 11.1 Å². The van der Waals surface area contributed by atoms with Gasteiger partial charge in [0.05, 0.1) is 5.52 Å². The third-order valence-corrected chi connectivity index (χ3v) is 3.63. The fourth-order valence-electron chi connectivity index (χ4n) is 2.43. The summed E-state index contributed by atoms with van der Waals surface area (Å²) in [4.78, 5) is 0. The van der Waals surface area contributed by atoms with Gasteiger partial charge in [0.1, 0.15) is 0 Å². The van der Waals surface area contributed by atoms with E-state index in [9.17, 15) is 0 Å². The molecule has 3 rings (SSSR count). The van der Waals surface area contributed by atoms with Crippen LogP contribution in [0.2, 0.25) is 0 Å². The van der Waals surface area contributed by atoms with Gasteiger partial charge in [-0.05, 0) is 61.4 Å². The highest BCUT2D eigenvalue weighted by Gasteiger charge is 2.04. The summed E-state index contributed by atoms with van der Waals surface area (Å²) in [5.41, 5.74) is 5.06. The third kappa shape index (κ3) is 1.97. The molecule has 0 spiro atoms. The molecule has 3 aromatic rings. The zero-order valence-corrected chi connectivity index (χ0v) is 12.0. The van der Waals surface area contributed by atoms with E-state index in [1.54, 1.807) is 0 Å². The lowest BCUT2D eigenvalue weighted by atomic mass is 10.1. The molecule has 0 aliphatic heterocycles. The Hall–Kier alpha value is -1.54. The molecule has 1 nitrogen and oxygen atoms in total. The summed E-state index contributed by atoms with van der Waals surface area (Å²) < 4.78 is 3.36. The predicted octanol–water partition coefficient (Wildman–Crippen LogP) is 5.01. The Morgan fingerprint density at radius 3 is 2.33 bits per heavy atom. The van der Waals surface area contributed by atoms with Crippen molar-refractivity contribution < 1.29 is 0 Å². The fraction of sp³-hybridized carbons (Fsp3) is 0.125. The first-order chi connectivity index (χ1) is 8.63. The number of halogens is 1. The lowest BCUT2D eigenvalue weighted by molar-refractivity contribution is 1.11. The molecular weight excluding hydrogens is 286 g/mol. The van der Waals surface area contributed by atoms with E-state index >= 15 is 0 Å². The maximum absolute atomic E-state index is 3.51. The topological polar surface area (TPSA) is 4.93 Å². The van der Waals surface area contributed by atoms with Gasteiger partial charge in [-0.3, -0.25) is 0 Å². The SMILES string of the molecule is Cc1cc(C)cc(-n2ccc3cc(Br)ccc32)c1. The summed E-state index contributed by atoms with van der Waals surface area (Å²) >= 11 is 3.51. The van der Waals surface area contributed by atoms with Gasteiger partial charge in [0, 0.05) is 21.7 Å². The Balaban J connectivity index is 2.25. The second kappa shape index (κ2) is 4.29. The molecule has 0 unspecified atom stereocenters. The van der Waals surface area contributed by atoms with Crippen LogP contribution < -0.4 is 0 Å².